The number of anilines is 1. The van der Waals surface area contributed by atoms with Crippen LogP contribution in [0.3, 0.4) is 0 Å². The van der Waals surface area contributed by atoms with Gasteiger partial charge in [-0.05, 0) is 49.8 Å². The molecule has 6 nitrogen and oxygen atoms in total. The van der Waals surface area contributed by atoms with E-state index >= 15 is 0 Å². The zero-order valence-electron chi connectivity index (χ0n) is 16.2. The summed E-state index contributed by atoms with van der Waals surface area (Å²) in [6.45, 7) is 3.59. The highest BCUT2D eigenvalue weighted by Gasteiger charge is 2.25. The van der Waals surface area contributed by atoms with Crippen LogP contribution in [0.25, 0.3) is 17.3 Å². The van der Waals surface area contributed by atoms with E-state index in [0.29, 0.717) is 12.3 Å². The van der Waals surface area contributed by atoms with E-state index in [4.69, 9.17) is 20.9 Å². The number of nitrogens with one attached hydrogen (secondary N) is 1. The number of benzene rings is 2. The lowest BCUT2D eigenvalue weighted by molar-refractivity contribution is -0.137. The van der Waals surface area contributed by atoms with Gasteiger partial charge in [0.2, 0.25) is 0 Å². The Hall–Kier alpha value is -3.45. The van der Waals surface area contributed by atoms with Crippen LogP contribution in [0.5, 0.6) is 0 Å². The van der Waals surface area contributed by atoms with Gasteiger partial charge in [0.25, 0.3) is 5.91 Å². The number of hydrogen-bond acceptors (Lipinski definition) is 5. The first kappa shape index (κ1) is 21.3. The fourth-order valence-electron chi connectivity index (χ4n) is 2.76. The molecular formula is C22H18ClFN2O4. The van der Waals surface area contributed by atoms with Gasteiger partial charge in [-0.1, -0.05) is 35.0 Å². The highest BCUT2D eigenvalue weighted by Crippen LogP contribution is 2.33. The first-order chi connectivity index (χ1) is 14.4. The van der Waals surface area contributed by atoms with Crippen molar-refractivity contribution in [3.05, 3.63) is 76.3 Å². The minimum atomic E-state index is -0.609. The average molecular weight is 429 g/mol. The number of hydrogen-bond donors (Lipinski definition) is 1. The van der Waals surface area contributed by atoms with Gasteiger partial charge in [-0.2, -0.15) is 0 Å². The summed E-state index contributed by atoms with van der Waals surface area (Å²) in [4.78, 5) is 24.2. The molecule has 8 heteroatoms. The predicted molar refractivity (Wildman–Crippen MR) is 112 cm³/mol. The van der Waals surface area contributed by atoms with Crippen molar-refractivity contribution in [1.82, 2.24) is 5.16 Å². The van der Waals surface area contributed by atoms with Gasteiger partial charge < -0.3 is 14.6 Å². The smallest absolute Gasteiger partial charge is 0.330 e. The first-order valence-electron chi connectivity index (χ1n) is 9.07. The molecule has 0 saturated heterocycles. The third kappa shape index (κ3) is 4.75. The summed E-state index contributed by atoms with van der Waals surface area (Å²) in [5.41, 5.74) is 1.37. The third-order valence-corrected chi connectivity index (χ3v) is 4.47. The second-order valence-corrected chi connectivity index (χ2v) is 6.63. The molecule has 1 amide bonds. The molecule has 0 unspecified atom stereocenters. The summed E-state index contributed by atoms with van der Waals surface area (Å²) < 4.78 is 24.2. The summed E-state index contributed by atoms with van der Waals surface area (Å²) >= 11 is 6.11. The van der Waals surface area contributed by atoms with Crippen molar-refractivity contribution in [2.45, 2.75) is 13.8 Å². The van der Waals surface area contributed by atoms with E-state index in [1.807, 2.05) is 0 Å². The molecule has 30 heavy (non-hydrogen) atoms. The van der Waals surface area contributed by atoms with Crippen LogP contribution < -0.4 is 5.32 Å². The fraction of sp³-hybridized carbons (Fsp3) is 0.136. The molecule has 1 heterocycles. The van der Waals surface area contributed by atoms with Gasteiger partial charge >= 0.3 is 5.97 Å². The summed E-state index contributed by atoms with van der Waals surface area (Å²) in [5.74, 6) is -1.33. The van der Waals surface area contributed by atoms with Gasteiger partial charge in [-0.3, -0.25) is 4.79 Å². The number of halogens is 2. The van der Waals surface area contributed by atoms with Crippen molar-refractivity contribution in [3.8, 4) is 11.3 Å². The van der Waals surface area contributed by atoms with Gasteiger partial charge in [-0.25, -0.2) is 9.18 Å². The Morgan fingerprint density at radius 2 is 1.97 bits per heavy atom. The first-order valence-corrected chi connectivity index (χ1v) is 9.45. The normalized spacial score (nSPS) is 10.9. The minimum Gasteiger partial charge on any atom is -0.463 e. The second kappa shape index (κ2) is 9.37. The molecular weight excluding hydrogens is 411 g/mol. The maximum absolute atomic E-state index is 14.3. The Balaban J connectivity index is 1.81. The fourth-order valence-corrected chi connectivity index (χ4v) is 3.01. The number of rotatable bonds is 6. The molecule has 0 bridgehead atoms. The highest BCUT2D eigenvalue weighted by atomic mass is 35.5. The van der Waals surface area contributed by atoms with Crippen molar-refractivity contribution in [2.24, 2.45) is 0 Å². The van der Waals surface area contributed by atoms with Crippen molar-refractivity contribution in [1.29, 1.82) is 0 Å². The van der Waals surface area contributed by atoms with E-state index in [1.54, 1.807) is 44.2 Å². The van der Waals surface area contributed by atoms with Crippen molar-refractivity contribution < 1.29 is 23.2 Å². The number of nitrogens with zero attached hydrogens (tertiary/aromatic N) is 1. The lowest BCUT2D eigenvalue weighted by Crippen LogP contribution is -2.13. The monoisotopic (exact) mass is 428 g/mol. The second-order valence-electron chi connectivity index (χ2n) is 6.22. The van der Waals surface area contributed by atoms with Crippen LogP contribution in [0.1, 0.15) is 28.6 Å². The van der Waals surface area contributed by atoms with Gasteiger partial charge in [-0.15, -0.1) is 0 Å². The molecule has 0 atom stereocenters. The van der Waals surface area contributed by atoms with Crippen LogP contribution in [0, 0.1) is 12.7 Å². The molecule has 154 valence electrons. The maximum Gasteiger partial charge on any atom is 0.330 e. The van der Waals surface area contributed by atoms with Crippen LogP contribution in [-0.4, -0.2) is 23.6 Å². The Morgan fingerprint density at radius 3 is 2.63 bits per heavy atom. The molecule has 0 radical (unpaired) electrons. The van der Waals surface area contributed by atoms with Gasteiger partial charge in [0.1, 0.15) is 22.8 Å². The number of aromatic nitrogens is 1. The largest absolute Gasteiger partial charge is 0.463 e. The molecule has 3 rings (SSSR count). The van der Waals surface area contributed by atoms with Crippen LogP contribution >= 0.6 is 11.6 Å². The molecule has 1 N–H and O–H groups in total. The zero-order chi connectivity index (χ0) is 21.7. The standard InChI is InChI=1S/C22H18ClFN2O4/c1-3-29-18(27)12-9-14-7-10-15(11-8-14)25-22(28)19-13(2)30-26-21(19)20-16(23)5-4-6-17(20)24/h4-12H,3H2,1-2H3,(H,25,28)/b12-9+. The van der Waals surface area contributed by atoms with Crippen LogP contribution in [0.4, 0.5) is 10.1 Å². The molecule has 0 aliphatic heterocycles. The molecule has 0 aliphatic carbocycles. The van der Waals surface area contributed by atoms with Crippen LogP contribution in [0.2, 0.25) is 5.02 Å². The number of carbonyl (C=O) groups excluding carboxylic acids is 2. The van der Waals surface area contributed by atoms with Gasteiger partial charge in [0, 0.05) is 11.8 Å². The zero-order valence-corrected chi connectivity index (χ0v) is 17.0. The van der Waals surface area contributed by atoms with E-state index in [2.05, 4.69) is 10.5 Å². The molecule has 1 aromatic heterocycles. The highest BCUT2D eigenvalue weighted by molar-refractivity contribution is 6.33. The Bertz CT molecular complexity index is 1090. The van der Waals surface area contributed by atoms with E-state index in [-0.39, 0.29) is 27.6 Å². The average Bonchev–Trinajstić information content (AvgIpc) is 3.09. The lowest BCUT2D eigenvalue weighted by Gasteiger charge is -2.08. The lowest BCUT2D eigenvalue weighted by atomic mass is 10.0. The summed E-state index contributed by atoms with van der Waals surface area (Å²) in [6.07, 6.45) is 2.92. The summed E-state index contributed by atoms with van der Waals surface area (Å²) in [7, 11) is 0. The Labute approximate surface area is 177 Å². The molecule has 2 aromatic carbocycles. The van der Waals surface area contributed by atoms with Gasteiger partial charge in [0.15, 0.2) is 0 Å². The van der Waals surface area contributed by atoms with Crippen LogP contribution in [0.15, 0.2) is 53.1 Å². The van der Waals surface area contributed by atoms with Crippen LogP contribution in [-0.2, 0) is 9.53 Å². The van der Waals surface area contributed by atoms with E-state index < -0.39 is 17.7 Å². The molecule has 0 spiro atoms. The Kier molecular flexibility index (Phi) is 6.64. The number of amides is 1. The summed E-state index contributed by atoms with van der Waals surface area (Å²) in [5, 5.41) is 6.67. The maximum atomic E-state index is 14.3. The van der Waals surface area contributed by atoms with Gasteiger partial charge in [0.05, 0.1) is 17.2 Å². The molecule has 0 saturated carbocycles. The molecule has 0 aliphatic rings. The molecule has 3 aromatic rings. The van der Waals surface area contributed by atoms with Crippen molar-refractivity contribution in [2.75, 3.05) is 11.9 Å². The van der Waals surface area contributed by atoms with Crippen molar-refractivity contribution >= 4 is 35.2 Å². The van der Waals surface area contributed by atoms with Crippen molar-refractivity contribution in [3.63, 3.8) is 0 Å². The number of carbonyl (C=O) groups is 2. The quantitative estimate of drug-likeness (QED) is 0.427. The number of esters is 1. The third-order valence-electron chi connectivity index (χ3n) is 4.16. The topological polar surface area (TPSA) is 81.4 Å². The molecule has 0 fully saturated rings. The van der Waals surface area contributed by atoms with E-state index in [9.17, 15) is 14.0 Å². The SMILES string of the molecule is CCOC(=O)/C=C/c1ccc(NC(=O)c2c(-c3c(F)cccc3Cl)noc2C)cc1. The number of aryl methyl sites for hydroxylation is 1. The number of ether oxygens (including phenoxy) is 1. The van der Waals surface area contributed by atoms with E-state index in [0.717, 1.165) is 5.56 Å². The summed E-state index contributed by atoms with van der Waals surface area (Å²) in [6, 6.07) is 11.0. The Morgan fingerprint density at radius 1 is 1.23 bits per heavy atom. The predicted octanol–water partition coefficient (Wildman–Crippen LogP) is 5.27. The minimum absolute atomic E-state index is 0.000571. The van der Waals surface area contributed by atoms with E-state index in [1.165, 1.54) is 24.3 Å².